The molecule has 0 aliphatic rings. The average Bonchev–Trinajstić information content (AvgIpc) is 2.62. The fraction of sp³-hybridized carbons (Fsp3) is 0.375. The summed E-state index contributed by atoms with van der Waals surface area (Å²) in [5.74, 6) is -0.233. The SMILES string of the molecule is NCc1ccc(C(=O)NCC(F)F)o1. The van der Waals surface area contributed by atoms with Gasteiger partial charge in [0, 0.05) is 0 Å². The summed E-state index contributed by atoms with van der Waals surface area (Å²) in [6.45, 7) is -0.514. The lowest BCUT2D eigenvalue weighted by Gasteiger charge is -2.00. The van der Waals surface area contributed by atoms with Crippen molar-refractivity contribution in [3.63, 3.8) is 0 Å². The number of furan rings is 1. The van der Waals surface area contributed by atoms with Gasteiger partial charge in [-0.25, -0.2) is 8.78 Å². The van der Waals surface area contributed by atoms with Gasteiger partial charge in [-0.05, 0) is 12.1 Å². The van der Waals surface area contributed by atoms with Crippen LogP contribution in [0.1, 0.15) is 16.3 Å². The minimum atomic E-state index is -2.57. The maximum absolute atomic E-state index is 11.7. The van der Waals surface area contributed by atoms with Crippen LogP contribution < -0.4 is 11.1 Å². The summed E-state index contributed by atoms with van der Waals surface area (Å²) in [6, 6.07) is 2.92. The van der Waals surface area contributed by atoms with E-state index in [4.69, 9.17) is 10.2 Å². The van der Waals surface area contributed by atoms with E-state index in [9.17, 15) is 13.6 Å². The van der Waals surface area contributed by atoms with Crippen molar-refractivity contribution < 1.29 is 18.0 Å². The van der Waals surface area contributed by atoms with Crippen molar-refractivity contribution in [1.82, 2.24) is 5.32 Å². The number of halogens is 2. The number of alkyl halides is 2. The van der Waals surface area contributed by atoms with Crippen LogP contribution in [0.3, 0.4) is 0 Å². The molecule has 1 aromatic heterocycles. The second-order valence-corrected chi connectivity index (χ2v) is 2.57. The maximum Gasteiger partial charge on any atom is 0.287 e. The zero-order valence-electron chi connectivity index (χ0n) is 7.30. The molecule has 0 unspecified atom stereocenters. The summed E-state index contributed by atoms with van der Waals surface area (Å²) < 4.78 is 28.4. The maximum atomic E-state index is 11.7. The highest BCUT2D eigenvalue weighted by molar-refractivity contribution is 5.91. The van der Waals surface area contributed by atoms with Gasteiger partial charge in [0.25, 0.3) is 12.3 Å². The second kappa shape index (κ2) is 4.71. The lowest BCUT2D eigenvalue weighted by atomic mass is 10.4. The lowest BCUT2D eigenvalue weighted by Crippen LogP contribution is -2.28. The Labute approximate surface area is 79.1 Å². The molecule has 0 aromatic carbocycles. The molecule has 0 saturated carbocycles. The van der Waals surface area contributed by atoms with Gasteiger partial charge >= 0.3 is 0 Å². The Kier molecular flexibility index (Phi) is 3.58. The van der Waals surface area contributed by atoms with Gasteiger partial charge in [-0.15, -0.1) is 0 Å². The van der Waals surface area contributed by atoms with Gasteiger partial charge in [0.05, 0.1) is 13.1 Å². The summed E-state index contributed by atoms with van der Waals surface area (Å²) in [5.41, 5.74) is 5.24. The van der Waals surface area contributed by atoms with Crippen molar-refractivity contribution in [3.05, 3.63) is 23.7 Å². The highest BCUT2D eigenvalue weighted by atomic mass is 19.3. The third-order valence-electron chi connectivity index (χ3n) is 1.50. The molecule has 14 heavy (non-hydrogen) atoms. The van der Waals surface area contributed by atoms with Crippen LogP contribution in [0.15, 0.2) is 16.5 Å². The third kappa shape index (κ3) is 2.81. The molecule has 0 aliphatic heterocycles. The first-order valence-electron chi connectivity index (χ1n) is 3.98. The van der Waals surface area contributed by atoms with Gasteiger partial charge in [0.15, 0.2) is 5.76 Å². The molecule has 1 rings (SSSR count). The molecule has 78 valence electrons. The van der Waals surface area contributed by atoms with Crippen LogP contribution in [0.2, 0.25) is 0 Å². The Bertz CT molecular complexity index is 312. The van der Waals surface area contributed by atoms with E-state index in [1.54, 1.807) is 0 Å². The second-order valence-electron chi connectivity index (χ2n) is 2.57. The number of hydrogen-bond acceptors (Lipinski definition) is 3. The van der Waals surface area contributed by atoms with Crippen LogP contribution in [-0.4, -0.2) is 18.9 Å². The van der Waals surface area contributed by atoms with E-state index in [-0.39, 0.29) is 12.3 Å². The predicted octanol–water partition coefficient (Wildman–Crippen LogP) is 0.733. The van der Waals surface area contributed by atoms with E-state index in [0.29, 0.717) is 5.76 Å². The first-order valence-corrected chi connectivity index (χ1v) is 3.98. The molecule has 4 nitrogen and oxygen atoms in total. The molecule has 0 fully saturated rings. The number of carbonyl (C=O) groups is 1. The number of amides is 1. The van der Waals surface area contributed by atoms with Gasteiger partial charge in [0.2, 0.25) is 0 Å². The smallest absolute Gasteiger partial charge is 0.287 e. The van der Waals surface area contributed by atoms with E-state index >= 15 is 0 Å². The summed E-state index contributed by atoms with van der Waals surface area (Å²) in [7, 11) is 0. The number of nitrogens with one attached hydrogen (secondary N) is 1. The van der Waals surface area contributed by atoms with Crippen molar-refractivity contribution in [2.75, 3.05) is 6.54 Å². The zero-order chi connectivity index (χ0) is 10.6. The molecule has 1 heterocycles. The van der Waals surface area contributed by atoms with Crippen LogP contribution in [-0.2, 0) is 6.54 Å². The van der Waals surface area contributed by atoms with Crippen molar-refractivity contribution in [1.29, 1.82) is 0 Å². The van der Waals surface area contributed by atoms with E-state index in [1.165, 1.54) is 12.1 Å². The van der Waals surface area contributed by atoms with Crippen molar-refractivity contribution in [2.24, 2.45) is 5.73 Å². The molecular weight excluding hydrogens is 194 g/mol. The van der Waals surface area contributed by atoms with E-state index in [0.717, 1.165) is 0 Å². The Morgan fingerprint density at radius 1 is 1.57 bits per heavy atom. The van der Waals surface area contributed by atoms with Gasteiger partial charge in [0.1, 0.15) is 5.76 Å². The standard InChI is InChI=1S/C8H10F2N2O2/c9-7(10)4-12-8(13)6-2-1-5(3-11)14-6/h1-2,7H,3-4,11H2,(H,12,13). The molecule has 0 bridgehead atoms. The van der Waals surface area contributed by atoms with E-state index in [2.05, 4.69) is 0 Å². The highest BCUT2D eigenvalue weighted by Crippen LogP contribution is 2.06. The van der Waals surface area contributed by atoms with Crippen LogP contribution >= 0.6 is 0 Å². The molecule has 0 saturated heterocycles. The minimum Gasteiger partial charge on any atom is -0.455 e. The number of nitrogens with two attached hydrogens (primary N) is 1. The summed E-state index contributed by atoms with van der Waals surface area (Å²) in [5, 5.41) is 2.01. The molecule has 0 radical (unpaired) electrons. The molecule has 0 aliphatic carbocycles. The Morgan fingerprint density at radius 2 is 2.29 bits per heavy atom. The third-order valence-corrected chi connectivity index (χ3v) is 1.50. The van der Waals surface area contributed by atoms with Gasteiger partial charge in [-0.3, -0.25) is 4.79 Å². The Hall–Kier alpha value is -1.43. The van der Waals surface area contributed by atoms with Crippen molar-refractivity contribution >= 4 is 5.91 Å². The van der Waals surface area contributed by atoms with Gasteiger partial charge < -0.3 is 15.5 Å². The van der Waals surface area contributed by atoms with Crippen LogP contribution in [0.4, 0.5) is 8.78 Å². The van der Waals surface area contributed by atoms with E-state index < -0.39 is 18.9 Å². The predicted molar refractivity (Wildman–Crippen MR) is 44.9 cm³/mol. The Balaban J connectivity index is 2.52. The molecule has 0 atom stereocenters. The molecular formula is C8H10F2N2O2. The molecule has 0 spiro atoms. The highest BCUT2D eigenvalue weighted by Gasteiger charge is 2.12. The first kappa shape index (κ1) is 10.6. The minimum absolute atomic E-state index is 0.00824. The summed E-state index contributed by atoms with van der Waals surface area (Å²) in [6.07, 6.45) is -2.57. The van der Waals surface area contributed by atoms with E-state index in [1.807, 2.05) is 5.32 Å². The van der Waals surface area contributed by atoms with Gasteiger partial charge in [-0.1, -0.05) is 0 Å². The van der Waals surface area contributed by atoms with Crippen molar-refractivity contribution in [3.8, 4) is 0 Å². The van der Waals surface area contributed by atoms with Gasteiger partial charge in [-0.2, -0.15) is 0 Å². The molecule has 1 aromatic rings. The number of carbonyl (C=O) groups excluding carboxylic acids is 1. The quantitative estimate of drug-likeness (QED) is 0.759. The fourth-order valence-corrected chi connectivity index (χ4v) is 0.867. The average molecular weight is 204 g/mol. The molecule has 1 amide bonds. The van der Waals surface area contributed by atoms with Crippen LogP contribution in [0, 0.1) is 0 Å². The molecule has 3 N–H and O–H groups in total. The molecule has 6 heteroatoms. The van der Waals surface area contributed by atoms with Crippen LogP contribution in [0.25, 0.3) is 0 Å². The van der Waals surface area contributed by atoms with Crippen LogP contribution in [0.5, 0.6) is 0 Å². The summed E-state index contributed by atoms with van der Waals surface area (Å²) >= 11 is 0. The number of rotatable bonds is 4. The number of hydrogen-bond donors (Lipinski definition) is 2. The zero-order valence-corrected chi connectivity index (χ0v) is 7.30. The largest absolute Gasteiger partial charge is 0.455 e. The fourth-order valence-electron chi connectivity index (χ4n) is 0.867. The topological polar surface area (TPSA) is 68.3 Å². The Morgan fingerprint density at radius 3 is 2.79 bits per heavy atom. The summed E-state index contributed by atoms with van der Waals surface area (Å²) in [4.78, 5) is 11.1. The first-order chi connectivity index (χ1) is 6.63. The normalized spacial score (nSPS) is 10.6. The van der Waals surface area contributed by atoms with Crippen molar-refractivity contribution in [2.45, 2.75) is 13.0 Å². The monoisotopic (exact) mass is 204 g/mol. The lowest BCUT2D eigenvalue weighted by molar-refractivity contribution is 0.0864.